The van der Waals surface area contributed by atoms with Gasteiger partial charge in [0.1, 0.15) is 0 Å². The van der Waals surface area contributed by atoms with Crippen LogP contribution in [-0.2, 0) is 11.8 Å². The van der Waals surface area contributed by atoms with Crippen LogP contribution in [0, 0.1) is 0 Å². The molecule has 2 aromatic carbocycles. The first-order valence-corrected chi connectivity index (χ1v) is 10.3. The summed E-state index contributed by atoms with van der Waals surface area (Å²) in [5.74, 6) is 0. The van der Waals surface area contributed by atoms with E-state index in [9.17, 15) is 0 Å². The third kappa shape index (κ3) is 3.44. The van der Waals surface area contributed by atoms with Crippen molar-refractivity contribution < 1.29 is 0 Å². The van der Waals surface area contributed by atoms with Gasteiger partial charge in [0, 0.05) is 23.2 Å². The Balaban J connectivity index is 1.89. The fourth-order valence-electron chi connectivity index (χ4n) is 2.78. The predicted octanol–water partition coefficient (Wildman–Crippen LogP) is 2.37. The Morgan fingerprint density at radius 3 is 2.05 bits per heavy atom. The van der Waals surface area contributed by atoms with Crippen LogP contribution in [0.15, 0.2) is 60.7 Å². The fourth-order valence-corrected chi connectivity index (χ4v) is 6.06. The molecule has 21 heavy (non-hydrogen) atoms. The van der Waals surface area contributed by atoms with Gasteiger partial charge in [-0.15, -0.1) is 0 Å². The molecule has 3 rings (SSSR count). The molecule has 0 aromatic heterocycles. The van der Waals surface area contributed by atoms with Gasteiger partial charge < -0.3 is 5.32 Å². The highest BCUT2D eigenvalue weighted by molar-refractivity contribution is 8.20. The second kappa shape index (κ2) is 6.85. The molecule has 1 heterocycles. The molecule has 1 unspecified atom stereocenters. The molecule has 2 nitrogen and oxygen atoms in total. The van der Waals surface area contributed by atoms with Crippen LogP contribution in [-0.4, -0.2) is 19.1 Å². The van der Waals surface area contributed by atoms with Crippen LogP contribution < -0.4 is 21.0 Å². The molecule has 1 saturated heterocycles. The summed E-state index contributed by atoms with van der Waals surface area (Å²) in [4.78, 5) is 0. The van der Waals surface area contributed by atoms with E-state index in [0.29, 0.717) is 6.04 Å². The molecule has 1 fully saturated rings. The van der Waals surface area contributed by atoms with Crippen LogP contribution in [0.4, 0.5) is 0 Å². The third-order valence-corrected chi connectivity index (χ3v) is 8.29. The molecule has 0 amide bonds. The van der Waals surface area contributed by atoms with Crippen molar-refractivity contribution in [1.29, 1.82) is 0 Å². The molecule has 110 valence electrons. The Labute approximate surface area is 132 Å². The summed E-state index contributed by atoms with van der Waals surface area (Å²) in [6.07, 6.45) is 0.579. The van der Waals surface area contributed by atoms with Gasteiger partial charge in [0.15, 0.2) is 0 Å². The smallest absolute Gasteiger partial charge is 0.0684 e. The number of nitrogens with one attached hydrogen (secondary N) is 2. The highest BCUT2D eigenvalue weighted by atomic mass is 32.4. The van der Waals surface area contributed by atoms with Crippen molar-refractivity contribution in [2.24, 2.45) is 0 Å². The molecule has 1 aliphatic rings. The van der Waals surface area contributed by atoms with E-state index in [1.807, 2.05) is 12.1 Å². The zero-order valence-corrected chi connectivity index (χ0v) is 13.7. The molecule has 1 aliphatic heterocycles. The minimum atomic E-state index is -1.93. The summed E-state index contributed by atoms with van der Waals surface area (Å²) in [7, 11) is 0. The molecule has 0 aliphatic carbocycles. The molecule has 0 radical (unpaired) electrons. The maximum absolute atomic E-state index is 6.14. The Hall–Kier alpha value is -0.990. The number of hydrogen-bond donors (Lipinski definition) is 2. The summed E-state index contributed by atoms with van der Waals surface area (Å²) >= 11 is 6.14. The largest absolute Gasteiger partial charge is 0.313 e. The van der Waals surface area contributed by atoms with Gasteiger partial charge >= 0.3 is 0 Å². The quantitative estimate of drug-likeness (QED) is 0.828. The summed E-state index contributed by atoms with van der Waals surface area (Å²) in [5, 5.41) is 9.76. The van der Waals surface area contributed by atoms with E-state index in [4.69, 9.17) is 11.8 Å². The minimum absolute atomic E-state index is 0.555. The van der Waals surface area contributed by atoms with Crippen molar-refractivity contribution in [2.45, 2.75) is 18.9 Å². The van der Waals surface area contributed by atoms with Gasteiger partial charge in [0.25, 0.3) is 0 Å². The minimum Gasteiger partial charge on any atom is -0.313 e. The molecule has 2 aromatic rings. The highest BCUT2D eigenvalue weighted by Crippen LogP contribution is 2.38. The summed E-state index contributed by atoms with van der Waals surface area (Å²) in [6.45, 7) is 2.08. The van der Waals surface area contributed by atoms with E-state index in [-0.39, 0.29) is 0 Å². The zero-order valence-electron chi connectivity index (χ0n) is 12.0. The van der Waals surface area contributed by atoms with Crippen LogP contribution in [0.1, 0.15) is 12.8 Å². The van der Waals surface area contributed by atoms with E-state index in [2.05, 4.69) is 58.9 Å². The lowest BCUT2D eigenvalue weighted by atomic mass is 10.2. The van der Waals surface area contributed by atoms with E-state index in [1.165, 1.54) is 23.5 Å². The molecule has 0 spiro atoms. The Morgan fingerprint density at radius 2 is 1.57 bits per heavy atom. The molecular formula is C17H21N2PS. The fraction of sp³-hybridized carbons (Fsp3) is 0.294. The number of rotatable bonds is 5. The van der Waals surface area contributed by atoms with Gasteiger partial charge in [-0.25, -0.2) is 0 Å². The standard InChI is InChI=1S/C17H21N2PS/c21-20(16-9-3-1-4-10-16,17-11-5-2-6-12-17)19-14-15-8-7-13-18-15/h1-6,9-12,15,18H,7-8,13-14H2,(H,19,21). The number of benzene rings is 2. The lowest BCUT2D eigenvalue weighted by Gasteiger charge is -2.26. The van der Waals surface area contributed by atoms with Gasteiger partial charge in [0.2, 0.25) is 0 Å². The molecular weight excluding hydrogens is 295 g/mol. The molecule has 1 atom stereocenters. The Kier molecular flexibility index (Phi) is 4.87. The van der Waals surface area contributed by atoms with Crippen LogP contribution in [0.5, 0.6) is 0 Å². The van der Waals surface area contributed by atoms with Crippen LogP contribution in [0.2, 0.25) is 0 Å². The van der Waals surface area contributed by atoms with Crippen molar-refractivity contribution in [3.63, 3.8) is 0 Å². The second-order valence-corrected chi connectivity index (χ2v) is 9.65. The van der Waals surface area contributed by atoms with Gasteiger partial charge in [-0.05, 0) is 19.4 Å². The highest BCUT2D eigenvalue weighted by Gasteiger charge is 2.23. The molecule has 0 bridgehead atoms. The van der Waals surface area contributed by atoms with Gasteiger partial charge in [-0.3, -0.25) is 5.09 Å². The summed E-state index contributed by atoms with van der Waals surface area (Å²) in [6, 6.07) is 21.6. The zero-order chi connectivity index (χ0) is 14.5. The summed E-state index contributed by atoms with van der Waals surface area (Å²) < 4.78 is 0. The number of hydrogen-bond acceptors (Lipinski definition) is 2. The SMILES string of the molecule is S=P(NCC1CCCN1)(c1ccccc1)c1ccccc1. The van der Waals surface area contributed by atoms with E-state index in [0.717, 1.165) is 13.1 Å². The van der Waals surface area contributed by atoms with Crippen molar-refractivity contribution in [3.8, 4) is 0 Å². The van der Waals surface area contributed by atoms with Crippen molar-refractivity contribution in [3.05, 3.63) is 60.7 Å². The summed E-state index contributed by atoms with van der Waals surface area (Å²) in [5.41, 5.74) is 0. The van der Waals surface area contributed by atoms with E-state index in [1.54, 1.807) is 0 Å². The van der Waals surface area contributed by atoms with Crippen LogP contribution in [0.3, 0.4) is 0 Å². The monoisotopic (exact) mass is 316 g/mol. The first-order valence-electron chi connectivity index (χ1n) is 7.49. The first-order chi connectivity index (χ1) is 10.3. The van der Waals surface area contributed by atoms with Crippen molar-refractivity contribution in [2.75, 3.05) is 13.1 Å². The molecule has 0 saturated carbocycles. The normalized spacial score (nSPS) is 18.8. The maximum Gasteiger partial charge on any atom is 0.0684 e. The maximum atomic E-state index is 6.14. The van der Waals surface area contributed by atoms with Crippen LogP contribution in [0.25, 0.3) is 0 Å². The van der Waals surface area contributed by atoms with Crippen molar-refractivity contribution >= 4 is 28.6 Å². The predicted molar refractivity (Wildman–Crippen MR) is 95.5 cm³/mol. The second-order valence-electron chi connectivity index (χ2n) is 5.44. The average Bonchev–Trinajstić information content (AvgIpc) is 3.08. The lowest BCUT2D eigenvalue weighted by Crippen LogP contribution is -2.36. The van der Waals surface area contributed by atoms with Gasteiger partial charge in [-0.1, -0.05) is 72.5 Å². The molecule has 2 N–H and O–H groups in total. The molecule has 4 heteroatoms. The lowest BCUT2D eigenvalue weighted by molar-refractivity contribution is 0.598. The Morgan fingerprint density at radius 1 is 1.00 bits per heavy atom. The van der Waals surface area contributed by atoms with Crippen LogP contribution >= 0.6 is 6.19 Å². The van der Waals surface area contributed by atoms with Crippen molar-refractivity contribution in [1.82, 2.24) is 10.4 Å². The van der Waals surface area contributed by atoms with E-state index >= 15 is 0 Å². The Bertz CT molecular complexity index is 566. The topological polar surface area (TPSA) is 24.1 Å². The first kappa shape index (κ1) is 14.9. The average molecular weight is 316 g/mol. The van der Waals surface area contributed by atoms with E-state index < -0.39 is 6.19 Å². The third-order valence-electron chi connectivity index (χ3n) is 3.96. The van der Waals surface area contributed by atoms with Gasteiger partial charge in [-0.2, -0.15) is 0 Å². The van der Waals surface area contributed by atoms with Gasteiger partial charge in [0.05, 0.1) is 6.19 Å².